The van der Waals surface area contributed by atoms with Gasteiger partial charge in [0.1, 0.15) is 16.6 Å². The fraction of sp³-hybridized carbons (Fsp3) is 0.409. The summed E-state index contributed by atoms with van der Waals surface area (Å²) >= 11 is 1.56. The van der Waals surface area contributed by atoms with Crippen LogP contribution in [0.3, 0.4) is 0 Å². The first-order valence-electron chi connectivity index (χ1n) is 10.4. The van der Waals surface area contributed by atoms with Crippen molar-refractivity contribution in [2.75, 3.05) is 11.9 Å². The molecule has 5 heterocycles. The number of benzene rings is 1. The van der Waals surface area contributed by atoms with Gasteiger partial charge in [-0.25, -0.2) is 14.4 Å². The molecule has 1 aromatic carbocycles. The first kappa shape index (κ1) is 18.2. The monoisotopic (exact) mass is 422 g/mol. The van der Waals surface area contributed by atoms with Crippen molar-refractivity contribution in [2.45, 2.75) is 43.8 Å². The van der Waals surface area contributed by atoms with E-state index in [0.29, 0.717) is 23.6 Å². The molecule has 3 aromatic heterocycles. The van der Waals surface area contributed by atoms with Gasteiger partial charge in [0.05, 0.1) is 16.6 Å². The lowest BCUT2D eigenvalue weighted by Crippen LogP contribution is -2.47. The predicted octanol–water partition coefficient (Wildman–Crippen LogP) is 4.10. The number of hydrogen-bond acceptors (Lipinski definition) is 6. The molecule has 0 amide bonds. The van der Waals surface area contributed by atoms with E-state index in [1.807, 2.05) is 31.4 Å². The number of pyridine rings is 1. The molecule has 6 rings (SSSR count). The van der Waals surface area contributed by atoms with Crippen LogP contribution in [-0.2, 0) is 7.05 Å². The SMILES string of the molecule is CN(c1nc2c(F)cc(-c3ccc4nn(C)cc4n3)cc2s1)C1C[C@H]2CC[C@@H](C1)N2. The number of halogens is 1. The van der Waals surface area contributed by atoms with Crippen molar-refractivity contribution in [3.63, 3.8) is 0 Å². The van der Waals surface area contributed by atoms with E-state index >= 15 is 0 Å². The third-order valence-electron chi connectivity index (χ3n) is 6.51. The van der Waals surface area contributed by atoms with Gasteiger partial charge in [0.25, 0.3) is 0 Å². The van der Waals surface area contributed by atoms with E-state index in [1.54, 1.807) is 22.1 Å². The van der Waals surface area contributed by atoms with Gasteiger partial charge in [-0.3, -0.25) is 4.68 Å². The molecule has 2 aliphatic rings. The Morgan fingerprint density at radius 2 is 1.93 bits per heavy atom. The highest BCUT2D eigenvalue weighted by Gasteiger charge is 2.35. The number of aromatic nitrogens is 4. The summed E-state index contributed by atoms with van der Waals surface area (Å²) < 4.78 is 17.6. The normalized spacial score (nSPS) is 23.5. The molecule has 1 N–H and O–H groups in total. The number of thiazole rings is 1. The zero-order valence-electron chi connectivity index (χ0n) is 17.0. The first-order chi connectivity index (χ1) is 14.5. The molecule has 0 spiro atoms. The zero-order chi connectivity index (χ0) is 20.4. The first-order valence-corrected chi connectivity index (χ1v) is 11.2. The smallest absolute Gasteiger partial charge is 0.186 e. The Hall–Kier alpha value is -2.58. The second-order valence-electron chi connectivity index (χ2n) is 8.58. The Kier molecular flexibility index (Phi) is 4.08. The van der Waals surface area contributed by atoms with Gasteiger partial charge in [0, 0.05) is 37.8 Å². The molecule has 6 nitrogen and oxygen atoms in total. The average molecular weight is 423 g/mol. The fourth-order valence-electron chi connectivity index (χ4n) is 4.96. The third kappa shape index (κ3) is 2.97. The maximum absolute atomic E-state index is 15.0. The highest BCUT2D eigenvalue weighted by molar-refractivity contribution is 7.22. The molecule has 0 saturated carbocycles. The largest absolute Gasteiger partial charge is 0.348 e. The second kappa shape index (κ2) is 6.72. The van der Waals surface area contributed by atoms with E-state index in [1.165, 1.54) is 12.8 Å². The summed E-state index contributed by atoms with van der Waals surface area (Å²) in [5.41, 5.74) is 3.60. The van der Waals surface area contributed by atoms with Crippen molar-refractivity contribution < 1.29 is 4.39 Å². The molecule has 1 unspecified atom stereocenters. The highest BCUT2D eigenvalue weighted by Crippen LogP contribution is 2.37. The maximum Gasteiger partial charge on any atom is 0.186 e. The van der Waals surface area contributed by atoms with E-state index in [9.17, 15) is 4.39 Å². The molecule has 0 aliphatic carbocycles. The van der Waals surface area contributed by atoms with Crippen LogP contribution in [0, 0.1) is 5.82 Å². The molecular formula is C22H23FN6S. The number of nitrogens with zero attached hydrogens (tertiary/aromatic N) is 5. The van der Waals surface area contributed by atoms with Crippen LogP contribution in [0.5, 0.6) is 0 Å². The second-order valence-corrected chi connectivity index (χ2v) is 9.59. The summed E-state index contributed by atoms with van der Waals surface area (Å²) in [6.07, 6.45) is 6.67. The van der Waals surface area contributed by atoms with Crippen molar-refractivity contribution >= 4 is 37.7 Å². The van der Waals surface area contributed by atoms with Gasteiger partial charge < -0.3 is 10.2 Å². The van der Waals surface area contributed by atoms with Crippen LogP contribution in [-0.4, -0.2) is 44.9 Å². The summed E-state index contributed by atoms with van der Waals surface area (Å²) in [5.74, 6) is -0.295. The number of piperidine rings is 1. The van der Waals surface area contributed by atoms with Crippen molar-refractivity contribution in [3.05, 3.63) is 36.3 Å². The van der Waals surface area contributed by atoms with Crippen LogP contribution < -0.4 is 10.2 Å². The minimum atomic E-state index is -0.295. The molecule has 8 heteroatoms. The Balaban J connectivity index is 1.36. The van der Waals surface area contributed by atoms with E-state index in [2.05, 4.69) is 32.3 Å². The molecule has 30 heavy (non-hydrogen) atoms. The van der Waals surface area contributed by atoms with Crippen molar-refractivity contribution in [2.24, 2.45) is 7.05 Å². The van der Waals surface area contributed by atoms with Crippen molar-refractivity contribution in [1.29, 1.82) is 0 Å². The van der Waals surface area contributed by atoms with E-state index in [-0.39, 0.29) is 5.82 Å². The highest BCUT2D eigenvalue weighted by atomic mass is 32.1. The van der Waals surface area contributed by atoms with Crippen LogP contribution in [0.2, 0.25) is 0 Å². The minimum absolute atomic E-state index is 0.295. The molecule has 4 aromatic rings. The molecular weight excluding hydrogens is 399 g/mol. The third-order valence-corrected chi connectivity index (χ3v) is 7.60. The van der Waals surface area contributed by atoms with Gasteiger partial charge in [-0.1, -0.05) is 11.3 Å². The molecule has 0 radical (unpaired) electrons. The number of rotatable bonds is 3. The summed E-state index contributed by atoms with van der Waals surface area (Å²) in [4.78, 5) is 11.6. The molecule has 2 fully saturated rings. The molecule has 2 bridgehead atoms. The van der Waals surface area contributed by atoms with Gasteiger partial charge in [0.15, 0.2) is 10.9 Å². The van der Waals surface area contributed by atoms with E-state index in [4.69, 9.17) is 0 Å². The lowest BCUT2D eigenvalue weighted by Gasteiger charge is -2.35. The Bertz CT molecular complexity index is 1250. The van der Waals surface area contributed by atoms with Crippen molar-refractivity contribution in [3.8, 4) is 11.3 Å². The van der Waals surface area contributed by atoms with Gasteiger partial charge in [-0.2, -0.15) is 5.10 Å². The van der Waals surface area contributed by atoms with Gasteiger partial charge >= 0.3 is 0 Å². The van der Waals surface area contributed by atoms with Crippen LogP contribution in [0.15, 0.2) is 30.5 Å². The van der Waals surface area contributed by atoms with Crippen molar-refractivity contribution in [1.82, 2.24) is 25.1 Å². The Labute approximate surface area is 177 Å². The fourth-order valence-corrected chi connectivity index (χ4v) is 6.01. The Morgan fingerprint density at radius 3 is 2.73 bits per heavy atom. The van der Waals surface area contributed by atoms with E-state index < -0.39 is 0 Å². The summed E-state index contributed by atoms with van der Waals surface area (Å²) in [7, 11) is 3.97. The summed E-state index contributed by atoms with van der Waals surface area (Å²) in [6, 6.07) is 9.06. The number of fused-ring (bicyclic) bond motifs is 4. The zero-order valence-corrected chi connectivity index (χ0v) is 17.8. The Morgan fingerprint density at radius 1 is 1.13 bits per heavy atom. The predicted molar refractivity (Wildman–Crippen MR) is 118 cm³/mol. The molecule has 2 saturated heterocycles. The molecule has 2 aliphatic heterocycles. The number of nitrogens with one attached hydrogen (secondary N) is 1. The summed E-state index contributed by atoms with van der Waals surface area (Å²) in [5, 5.41) is 8.94. The lowest BCUT2D eigenvalue weighted by molar-refractivity contribution is 0.354. The van der Waals surface area contributed by atoms with E-state index in [0.717, 1.165) is 45.0 Å². The lowest BCUT2D eigenvalue weighted by atomic mass is 9.99. The number of hydrogen-bond donors (Lipinski definition) is 1. The number of aryl methyl sites for hydroxylation is 1. The molecule has 3 atom stereocenters. The minimum Gasteiger partial charge on any atom is -0.348 e. The van der Waals surface area contributed by atoms with Crippen LogP contribution in [0.1, 0.15) is 25.7 Å². The van der Waals surface area contributed by atoms with Gasteiger partial charge in [-0.15, -0.1) is 0 Å². The van der Waals surface area contributed by atoms with Crippen LogP contribution >= 0.6 is 11.3 Å². The quantitative estimate of drug-likeness (QED) is 0.539. The number of anilines is 1. The molecule has 154 valence electrons. The van der Waals surface area contributed by atoms with Gasteiger partial charge in [0.2, 0.25) is 0 Å². The van der Waals surface area contributed by atoms with Crippen LogP contribution in [0.25, 0.3) is 32.5 Å². The van der Waals surface area contributed by atoms with Gasteiger partial charge in [-0.05, 0) is 49.9 Å². The standard InChI is InChI=1S/C22H23FN6S/c1-28-11-19-18(27-28)6-5-17(25-19)12-7-16(23)21-20(8-12)30-22(26-21)29(2)15-9-13-3-4-14(10-15)24-13/h5-8,11,13-15,24H,3-4,9-10H2,1-2H3/t13-,14+,15?. The van der Waals surface area contributed by atoms with Crippen LogP contribution in [0.4, 0.5) is 9.52 Å². The topological polar surface area (TPSA) is 58.9 Å². The average Bonchev–Trinajstić information content (AvgIpc) is 3.42. The maximum atomic E-state index is 15.0. The summed E-state index contributed by atoms with van der Waals surface area (Å²) in [6.45, 7) is 0.